The number of carbonyl (C=O) groups is 1. The van der Waals surface area contributed by atoms with Gasteiger partial charge in [-0.3, -0.25) is 0 Å². The van der Waals surface area contributed by atoms with Crippen LogP contribution in [0.2, 0.25) is 0 Å². The van der Waals surface area contributed by atoms with E-state index in [-0.39, 0.29) is 12.5 Å². The van der Waals surface area contributed by atoms with E-state index in [4.69, 9.17) is 9.26 Å². The lowest BCUT2D eigenvalue weighted by Crippen LogP contribution is -2.09. The standard InChI is InChI=1S/C18H16BrN3O3/c1-22(2)15-9-5-13(6-10-15)18(23)24-11-16-20-17(21-25-16)12-3-7-14(19)8-4-12/h3-10H,11H2,1-2H3. The van der Waals surface area contributed by atoms with E-state index in [1.54, 1.807) is 12.1 Å². The molecule has 0 bridgehead atoms. The number of esters is 1. The molecular formula is C18H16BrN3O3. The first-order chi connectivity index (χ1) is 12.0. The smallest absolute Gasteiger partial charge is 0.338 e. The van der Waals surface area contributed by atoms with Crippen molar-refractivity contribution in [3.63, 3.8) is 0 Å². The topological polar surface area (TPSA) is 68.5 Å². The van der Waals surface area contributed by atoms with Crippen LogP contribution in [0.15, 0.2) is 57.5 Å². The molecule has 0 aliphatic carbocycles. The molecule has 0 unspecified atom stereocenters. The zero-order valence-electron chi connectivity index (χ0n) is 13.8. The molecule has 0 saturated carbocycles. The summed E-state index contributed by atoms with van der Waals surface area (Å²) in [7, 11) is 3.87. The summed E-state index contributed by atoms with van der Waals surface area (Å²) in [6.45, 7) is -0.0716. The summed E-state index contributed by atoms with van der Waals surface area (Å²) in [5.41, 5.74) is 2.30. The fourth-order valence-corrected chi connectivity index (χ4v) is 2.40. The quantitative estimate of drug-likeness (QED) is 0.603. The number of aromatic nitrogens is 2. The Kier molecular flexibility index (Phi) is 5.14. The number of hydrogen-bond acceptors (Lipinski definition) is 6. The normalized spacial score (nSPS) is 10.5. The van der Waals surface area contributed by atoms with Crippen LogP contribution in [0.5, 0.6) is 0 Å². The van der Waals surface area contributed by atoms with Crippen molar-refractivity contribution in [3.8, 4) is 11.4 Å². The number of benzene rings is 2. The molecule has 0 amide bonds. The van der Waals surface area contributed by atoms with Gasteiger partial charge in [-0.15, -0.1) is 0 Å². The summed E-state index contributed by atoms with van der Waals surface area (Å²) in [5.74, 6) is 0.263. The van der Waals surface area contributed by atoms with Crippen LogP contribution < -0.4 is 4.90 Å². The minimum absolute atomic E-state index is 0.0716. The zero-order valence-corrected chi connectivity index (χ0v) is 15.4. The maximum atomic E-state index is 12.1. The van der Waals surface area contributed by atoms with Crippen molar-refractivity contribution >= 4 is 27.6 Å². The Morgan fingerprint density at radius 3 is 2.44 bits per heavy atom. The third-order valence-electron chi connectivity index (χ3n) is 3.52. The maximum Gasteiger partial charge on any atom is 0.338 e. The van der Waals surface area contributed by atoms with E-state index in [2.05, 4.69) is 26.1 Å². The molecule has 7 heteroatoms. The summed E-state index contributed by atoms with van der Waals surface area (Å²) in [5, 5.41) is 3.90. The Morgan fingerprint density at radius 1 is 1.12 bits per heavy atom. The molecule has 128 valence electrons. The van der Waals surface area contributed by atoms with E-state index in [0.717, 1.165) is 15.7 Å². The van der Waals surface area contributed by atoms with E-state index in [1.807, 2.05) is 55.4 Å². The number of ether oxygens (including phenoxy) is 1. The van der Waals surface area contributed by atoms with Crippen LogP contribution in [0.4, 0.5) is 5.69 Å². The van der Waals surface area contributed by atoms with Gasteiger partial charge in [-0.1, -0.05) is 21.1 Å². The van der Waals surface area contributed by atoms with Crippen molar-refractivity contribution < 1.29 is 14.1 Å². The van der Waals surface area contributed by atoms with Gasteiger partial charge in [-0.25, -0.2) is 4.79 Å². The maximum absolute atomic E-state index is 12.1. The van der Waals surface area contributed by atoms with Gasteiger partial charge in [0.1, 0.15) is 0 Å². The number of anilines is 1. The van der Waals surface area contributed by atoms with Crippen LogP contribution in [0.3, 0.4) is 0 Å². The summed E-state index contributed by atoms with van der Waals surface area (Å²) in [4.78, 5) is 18.3. The van der Waals surface area contributed by atoms with Gasteiger partial charge in [0, 0.05) is 29.8 Å². The van der Waals surface area contributed by atoms with Crippen molar-refractivity contribution in [2.75, 3.05) is 19.0 Å². The van der Waals surface area contributed by atoms with Crippen molar-refractivity contribution in [1.29, 1.82) is 0 Å². The summed E-state index contributed by atoms with van der Waals surface area (Å²) < 4.78 is 11.3. The number of carbonyl (C=O) groups excluding carboxylic acids is 1. The Labute approximate surface area is 153 Å². The molecule has 0 radical (unpaired) electrons. The van der Waals surface area contributed by atoms with Gasteiger partial charge >= 0.3 is 5.97 Å². The first kappa shape index (κ1) is 17.2. The molecule has 0 aliphatic heterocycles. The second-order valence-electron chi connectivity index (χ2n) is 5.54. The second-order valence-corrected chi connectivity index (χ2v) is 6.45. The van der Waals surface area contributed by atoms with Gasteiger partial charge in [0.2, 0.25) is 5.82 Å². The van der Waals surface area contributed by atoms with E-state index in [9.17, 15) is 4.79 Å². The molecule has 1 heterocycles. The van der Waals surface area contributed by atoms with Gasteiger partial charge in [0.25, 0.3) is 5.89 Å². The molecule has 0 saturated heterocycles. The fourth-order valence-electron chi connectivity index (χ4n) is 2.14. The Bertz CT molecular complexity index is 858. The molecule has 3 rings (SSSR count). The minimum Gasteiger partial charge on any atom is -0.452 e. The summed E-state index contributed by atoms with van der Waals surface area (Å²) in [6.07, 6.45) is 0. The zero-order chi connectivity index (χ0) is 17.8. The van der Waals surface area contributed by atoms with E-state index in [1.165, 1.54) is 0 Å². The molecule has 3 aromatic rings. The highest BCUT2D eigenvalue weighted by atomic mass is 79.9. The Hall–Kier alpha value is -2.67. The van der Waals surface area contributed by atoms with Crippen LogP contribution in [0.25, 0.3) is 11.4 Å². The number of rotatable bonds is 5. The summed E-state index contributed by atoms with van der Waals surface area (Å²) >= 11 is 3.37. The summed E-state index contributed by atoms with van der Waals surface area (Å²) in [6, 6.07) is 14.7. The lowest BCUT2D eigenvalue weighted by molar-refractivity contribution is 0.0430. The van der Waals surface area contributed by atoms with Crippen molar-refractivity contribution in [2.45, 2.75) is 6.61 Å². The van der Waals surface area contributed by atoms with Gasteiger partial charge in [-0.05, 0) is 48.5 Å². The van der Waals surface area contributed by atoms with Crippen LogP contribution in [0, 0.1) is 0 Å². The average molecular weight is 402 g/mol. The van der Waals surface area contributed by atoms with Gasteiger partial charge in [-0.2, -0.15) is 4.98 Å². The third kappa shape index (κ3) is 4.24. The number of nitrogens with zero attached hydrogens (tertiary/aromatic N) is 3. The Balaban J connectivity index is 1.61. The molecule has 0 atom stereocenters. The SMILES string of the molecule is CN(C)c1ccc(C(=O)OCc2nc(-c3ccc(Br)cc3)no2)cc1. The molecular weight excluding hydrogens is 386 g/mol. The van der Waals surface area contributed by atoms with Crippen molar-refractivity contribution in [1.82, 2.24) is 10.1 Å². The Morgan fingerprint density at radius 2 is 1.80 bits per heavy atom. The largest absolute Gasteiger partial charge is 0.452 e. The first-order valence-electron chi connectivity index (χ1n) is 7.56. The lowest BCUT2D eigenvalue weighted by Gasteiger charge is -2.12. The lowest BCUT2D eigenvalue weighted by atomic mass is 10.2. The van der Waals surface area contributed by atoms with Crippen molar-refractivity contribution in [2.24, 2.45) is 0 Å². The second kappa shape index (κ2) is 7.48. The van der Waals surface area contributed by atoms with Gasteiger partial charge in [0.15, 0.2) is 6.61 Å². The number of hydrogen-bond donors (Lipinski definition) is 0. The highest BCUT2D eigenvalue weighted by Crippen LogP contribution is 2.19. The van der Waals surface area contributed by atoms with Crippen molar-refractivity contribution in [3.05, 3.63) is 64.5 Å². The molecule has 1 aromatic heterocycles. The van der Waals surface area contributed by atoms with E-state index in [0.29, 0.717) is 11.4 Å². The molecule has 0 aliphatic rings. The first-order valence-corrected chi connectivity index (χ1v) is 8.35. The monoisotopic (exact) mass is 401 g/mol. The minimum atomic E-state index is -0.436. The van der Waals surface area contributed by atoms with Crippen LogP contribution in [-0.4, -0.2) is 30.2 Å². The molecule has 0 N–H and O–H groups in total. The van der Waals surface area contributed by atoms with Gasteiger partial charge in [0.05, 0.1) is 5.56 Å². The van der Waals surface area contributed by atoms with Crippen LogP contribution in [0.1, 0.15) is 16.2 Å². The van der Waals surface area contributed by atoms with Crippen LogP contribution >= 0.6 is 15.9 Å². The molecule has 25 heavy (non-hydrogen) atoms. The number of halogens is 1. The van der Waals surface area contributed by atoms with Crippen LogP contribution in [-0.2, 0) is 11.3 Å². The van der Waals surface area contributed by atoms with E-state index < -0.39 is 5.97 Å². The molecule has 0 spiro atoms. The molecule has 6 nitrogen and oxygen atoms in total. The predicted octanol–water partition coefficient (Wildman–Crippen LogP) is 3.92. The molecule has 2 aromatic carbocycles. The highest BCUT2D eigenvalue weighted by molar-refractivity contribution is 9.10. The third-order valence-corrected chi connectivity index (χ3v) is 4.05. The average Bonchev–Trinajstić information content (AvgIpc) is 3.09. The molecule has 0 fully saturated rings. The predicted molar refractivity (Wildman–Crippen MR) is 97.3 cm³/mol. The fraction of sp³-hybridized carbons (Fsp3) is 0.167. The van der Waals surface area contributed by atoms with Gasteiger partial charge < -0.3 is 14.2 Å². The highest BCUT2D eigenvalue weighted by Gasteiger charge is 2.12. The van der Waals surface area contributed by atoms with E-state index >= 15 is 0 Å².